The summed E-state index contributed by atoms with van der Waals surface area (Å²) in [6.45, 7) is 4.12. The van der Waals surface area contributed by atoms with Gasteiger partial charge in [0.05, 0.1) is 0 Å². The quantitative estimate of drug-likeness (QED) is 0.765. The van der Waals surface area contributed by atoms with Gasteiger partial charge in [-0.3, -0.25) is 4.79 Å². The molecule has 0 aliphatic rings. The third-order valence-electron chi connectivity index (χ3n) is 2.06. The summed E-state index contributed by atoms with van der Waals surface area (Å²) in [5.41, 5.74) is 1.22. The Morgan fingerprint density at radius 2 is 2.06 bits per heavy atom. The van der Waals surface area contributed by atoms with Gasteiger partial charge in [0, 0.05) is 17.8 Å². The fourth-order valence-corrected chi connectivity index (χ4v) is 1.23. The lowest BCUT2D eigenvalue weighted by atomic mass is 10.1. The number of Topliss-reactive ketones (excluding diaryl/α,β-unsaturated/α-hetero) is 1. The van der Waals surface area contributed by atoms with E-state index in [2.05, 4.69) is 10.6 Å². The van der Waals surface area contributed by atoms with Crippen molar-refractivity contribution < 1.29 is 9.59 Å². The van der Waals surface area contributed by atoms with Gasteiger partial charge in [-0.15, -0.1) is 0 Å². The number of carbonyl (C=O) groups excluding carboxylic acids is 2. The first-order valence-corrected chi connectivity index (χ1v) is 5.29. The molecule has 2 amide bonds. The maximum atomic E-state index is 11.3. The van der Waals surface area contributed by atoms with Crippen LogP contribution in [-0.2, 0) is 0 Å². The Morgan fingerprint density at radius 3 is 2.69 bits per heavy atom. The summed E-state index contributed by atoms with van der Waals surface area (Å²) in [4.78, 5) is 22.5. The van der Waals surface area contributed by atoms with E-state index in [0.717, 1.165) is 6.42 Å². The molecule has 0 aliphatic heterocycles. The van der Waals surface area contributed by atoms with Gasteiger partial charge < -0.3 is 10.6 Å². The topological polar surface area (TPSA) is 58.2 Å². The van der Waals surface area contributed by atoms with Crippen LogP contribution < -0.4 is 10.6 Å². The molecule has 0 atom stereocenters. The van der Waals surface area contributed by atoms with Gasteiger partial charge in [0.15, 0.2) is 5.78 Å². The molecule has 0 spiro atoms. The Bertz CT molecular complexity index is 388. The van der Waals surface area contributed by atoms with Crippen LogP contribution in [0.3, 0.4) is 0 Å². The van der Waals surface area contributed by atoms with Gasteiger partial charge in [-0.2, -0.15) is 0 Å². The van der Waals surface area contributed by atoms with Gasteiger partial charge in [-0.1, -0.05) is 19.1 Å². The summed E-state index contributed by atoms with van der Waals surface area (Å²) in [6.07, 6.45) is 0.890. The van der Waals surface area contributed by atoms with E-state index < -0.39 is 0 Å². The summed E-state index contributed by atoms with van der Waals surface area (Å²) < 4.78 is 0. The Morgan fingerprint density at radius 1 is 1.31 bits per heavy atom. The normalized spacial score (nSPS) is 9.62. The van der Waals surface area contributed by atoms with E-state index in [4.69, 9.17) is 0 Å². The lowest BCUT2D eigenvalue weighted by Crippen LogP contribution is -2.29. The first-order valence-electron chi connectivity index (χ1n) is 5.29. The molecule has 16 heavy (non-hydrogen) atoms. The van der Waals surface area contributed by atoms with Crippen LogP contribution in [-0.4, -0.2) is 18.4 Å². The molecule has 0 aliphatic carbocycles. The van der Waals surface area contributed by atoms with Gasteiger partial charge in [0.2, 0.25) is 0 Å². The molecule has 0 saturated carbocycles. The van der Waals surface area contributed by atoms with E-state index in [1.165, 1.54) is 6.92 Å². The molecule has 0 heterocycles. The first kappa shape index (κ1) is 12.2. The highest BCUT2D eigenvalue weighted by Crippen LogP contribution is 2.10. The summed E-state index contributed by atoms with van der Waals surface area (Å²) in [5, 5.41) is 5.36. The van der Waals surface area contributed by atoms with Crippen LogP contribution in [0.1, 0.15) is 30.6 Å². The summed E-state index contributed by atoms with van der Waals surface area (Å²) in [5.74, 6) is -0.0161. The SMILES string of the molecule is CCCNC(=O)Nc1cccc(C(C)=O)c1. The highest BCUT2D eigenvalue weighted by atomic mass is 16.2. The van der Waals surface area contributed by atoms with Crippen LogP contribution in [0.15, 0.2) is 24.3 Å². The average molecular weight is 220 g/mol. The minimum absolute atomic E-state index is 0.0161. The molecule has 1 aromatic carbocycles. The van der Waals surface area contributed by atoms with Crippen molar-refractivity contribution in [3.05, 3.63) is 29.8 Å². The maximum absolute atomic E-state index is 11.3. The molecule has 0 unspecified atom stereocenters. The zero-order valence-electron chi connectivity index (χ0n) is 9.54. The molecule has 4 nitrogen and oxygen atoms in total. The van der Waals surface area contributed by atoms with Crippen LogP contribution in [0.5, 0.6) is 0 Å². The van der Waals surface area contributed by atoms with Crippen molar-refractivity contribution in [2.24, 2.45) is 0 Å². The molecule has 0 bridgehead atoms. The minimum Gasteiger partial charge on any atom is -0.338 e. The fraction of sp³-hybridized carbons (Fsp3) is 0.333. The number of carbonyl (C=O) groups is 2. The van der Waals surface area contributed by atoms with Crippen molar-refractivity contribution in [2.75, 3.05) is 11.9 Å². The number of amides is 2. The van der Waals surface area contributed by atoms with E-state index >= 15 is 0 Å². The van der Waals surface area contributed by atoms with Gasteiger partial charge in [-0.25, -0.2) is 4.79 Å². The van der Waals surface area contributed by atoms with Gasteiger partial charge >= 0.3 is 6.03 Å². The van der Waals surface area contributed by atoms with Gasteiger partial charge in [0.1, 0.15) is 0 Å². The number of hydrogen-bond acceptors (Lipinski definition) is 2. The smallest absolute Gasteiger partial charge is 0.319 e. The molecule has 0 aromatic heterocycles. The number of nitrogens with one attached hydrogen (secondary N) is 2. The van der Waals surface area contributed by atoms with Gasteiger partial charge in [0.25, 0.3) is 0 Å². The van der Waals surface area contributed by atoms with Crippen LogP contribution in [0, 0.1) is 0 Å². The van der Waals surface area contributed by atoms with E-state index in [-0.39, 0.29) is 11.8 Å². The summed E-state index contributed by atoms with van der Waals surface area (Å²) >= 11 is 0. The van der Waals surface area contributed by atoms with Crippen LogP contribution >= 0.6 is 0 Å². The van der Waals surface area contributed by atoms with E-state index in [1.54, 1.807) is 24.3 Å². The zero-order chi connectivity index (χ0) is 12.0. The lowest BCUT2D eigenvalue weighted by molar-refractivity contribution is 0.101. The zero-order valence-corrected chi connectivity index (χ0v) is 9.54. The fourth-order valence-electron chi connectivity index (χ4n) is 1.23. The molecule has 0 saturated heterocycles. The van der Waals surface area contributed by atoms with E-state index in [9.17, 15) is 9.59 Å². The summed E-state index contributed by atoms with van der Waals surface area (Å²) in [6, 6.07) is 6.62. The number of ketones is 1. The largest absolute Gasteiger partial charge is 0.338 e. The van der Waals surface area contributed by atoms with Crippen molar-refractivity contribution in [1.82, 2.24) is 5.32 Å². The predicted octanol–water partition coefficient (Wildman–Crippen LogP) is 2.42. The second kappa shape index (κ2) is 5.90. The number of rotatable bonds is 4. The van der Waals surface area contributed by atoms with Crippen LogP contribution in [0.4, 0.5) is 10.5 Å². The number of urea groups is 1. The van der Waals surface area contributed by atoms with Gasteiger partial charge in [-0.05, 0) is 25.5 Å². The highest BCUT2D eigenvalue weighted by molar-refractivity contribution is 5.96. The number of benzene rings is 1. The van der Waals surface area contributed by atoms with Crippen molar-refractivity contribution in [2.45, 2.75) is 20.3 Å². The van der Waals surface area contributed by atoms with Crippen molar-refractivity contribution in [1.29, 1.82) is 0 Å². The third kappa shape index (κ3) is 3.73. The molecular weight excluding hydrogens is 204 g/mol. The second-order valence-corrected chi connectivity index (χ2v) is 3.52. The molecule has 0 radical (unpaired) electrons. The Kier molecular flexibility index (Phi) is 4.51. The summed E-state index contributed by atoms with van der Waals surface area (Å²) in [7, 11) is 0. The van der Waals surface area contributed by atoms with Crippen LogP contribution in [0.2, 0.25) is 0 Å². The molecule has 0 fully saturated rings. The Labute approximate surface area is 95.0 Å². The van der Waals surface area contributed by atoms with Crippen molar-refractivity contribution in [3.8, 4) is 0 Å². The number of hydrogen-bond donors (Lipinski definition) is 2. The maximum Gasteiger partial charge on any atom is 0.319 e. The second-order valence-electron chi connectivity index (χ2n) is 3.52. The first-order chi connectivity index (χ1) is 7.63. The third-order valence-corrected chi connectivity index (χ3v) is 2.06. The van der Waals surface area contributed by atoms with Crippen LogP contribution in [0.25, 0.3) is 0 Å². The molecule has 4 heteroatoms. The number of anilines is 1. The predicted molar refractivity (Wildman–Crippen MR) is 63.8 cm³/mol. The van der Waals surface area contributed by atoms with E-state index in [0.29, 0.717) is 17.8 Å². The minimum atomic E-state index is -0.248. The average Bonchev–Trinajstić information content (AvgIpc) is 2.26. The standard InChI is InChI=1S/C12H16N2O2/c1-3-7-13-12(16)14-11-6-4-5-10(8-11)9(2)15/h4-6,8H,3,7H2,1-2H3,(H2,13,14,16). The molecule has 2 N–H and O–H groups in total. The molecule has 1 aromatic rings. The van der Waals surface area contributed by atoms with Crippen molar-refractivity contribution >= 4 is 17.5 Å². The van der Waals surface area contributed by atoms with Crippen molar-refractivity contribution in [3.63, 3.8) is 0 Å². The molecule has 1 rings (SSSR count). The van der Waals surface area contributed by atoms with E-state index in [1.807, 2.05) is 6.92 Å². The highest BCUT2D eigenvalue weighted by Gasteiger charge is 2.03. The molecule has 86 valence electrons. The molecular formula is C12H16N2O2. The Balaban J connectivity index is 2.63. The Hall–Kier alpha value is -1.84. The monoisotopic (exact) mass is 220 g/mol. The lowest BCUT2D eigenvalue weighted by Gasteiger charge is -2.07.